The lowest BCUT2D eigenvalue weighted by Gasteiger charge is -2.17. The highest BCUT2D eigenvalue weighted by Gasteiger charge is 2.25. The molecule has 10 heteroatoms. The van der Waals surface area contributed by atoms with Crippen LogP contribution < -0.4 is 10.3 Å². The van der Waals surface area contributed by atoms with Gasteiger partial charge in [-0.25, -0.2) is 9.00 Å². The molecule has 1 atom stereocenters. The van der Waals surface area contributed by atoms with Gasteiger partial charge in [0.25, 0.3) is 5.56 Å². The number of rotatable bonds is 6. The number of carbonyl (C=O) groups excluding carboxylic acids is 2. The van der Waals surface area contributed by atoms with E-state index in [-0.39, 0.29) is 33.2 Å². The number of aromatic amines is 1. The molecular formula is C17H20ClN3O5S. The van der Waals surface area contributed by atoms with Gasteiger partial charge in [0.15, 0.2) is 0 Å². The first kappa shape index (κ1) is 20.8. The first-order valence-corrected chi connectivity index (χ1v) is 10.1. The quantitative estimate of drug-likeness (QED) is 0.426. The van der Waals surface area contributed by atoms with Crippen molar-refractivity contribution >= 4 is 44.1 Å². The van der Waals surface area contributed by atoms with Crippen molar-refractivity contribution < 1.29 is 18.5 Å². The molecular weight excluding hydrogens is 394 g/mol. The molecule has 0 spiro atoms. The van der Waals surface area contributed by atoms with E-state index in [0.717, 1.165) is 4.68 Å². The number of H-pyrrole nitrogens is 1. The van der Waals surface area contributed by atoms with Crippen molar-refractivity contribution in [3.8, 4) is 0 Å². The fraction of sp³-hybridized carbons (Fsp3) is 0.294. The van der Waals surface area contributed by atoms with E-state index in [9.17, 15) is 18.6 Å². The Bertz CT molecular complexity index is 1080. The number of ketones is 1. The molecule has 1 heterocycles. The van der Waals surface area contributed by atoms with Crippen LogP contribution in [-0.4, -0.2) is 44.0 Å². The predicted molar refractivity (Wildman–Crippen MR) is 106 cm³/mol. The average Bonchev–Trinajstić information content (AvgIpc) is 3.00. The molecule has 0 bridgehead atoms. The number of aromatic nitrogens is 2. The molecule has 0 aliphatic carbocycles. The monoisotopic (exact) mass is 413 g/mol. The highest BCUT2D eigenvalue weighted by Crippen LogP contribution is 2.32. The van der Waals surface area contributed by atoms with Crippen molar-refractivity contribution in [1.29, 1.82) is 0 Å². The highest BCUT2D eigenvalue weighted by atomic mass is 35.5. The molecule has 2 rings (SSSR count). The Morgan fingerprint density at radius 2 is 1.96 bits per heavy atom. The molecule has 0 aliphatic heterocycles. The third-order valence-corrected chi connectivity index (χ3v) is 6.62. The third kappa shape index (κ3) is 3.93. The first-order valence-electron chi connectivity index (χ1n) is 7.98. The number of methoxy groups -OCH3 is 1. The largest absolute Gasteiger partial charge is 0.465 e. The van der Waals surface area contributed by atoms with Gasteiger partial charge in [0, 0.05) is 34.3 Å². The molecule has 27 heavy (non-hydrogen) atoms. The summed E-state index contributed by atoms with van der Waals surface area (Å²) in [4.78, 5) is 36.9. The summed E-state index contributed by atoms with van der Waals surface area (Å²) >= 11 is 6.39. The lowest BCUT2D eigenvalue weighted by atomic mass is 10.0. The van der Waals surface area contributed by atoms with Gasteiger partial charge in [0.05, 0.1) is 23.4 Å². The molecule has 0 fully saturated rings. The molecule has 0 saturated carbocycles. The molecule has 0 radical (unpaired) electrons. The summed E-state index contributed by atoms with van der Waals surface area (Å²) in [5, 5.41) is 3.97. The van der Waals surface area contributed by atoms with Crippen LogP contribution in [0.1, 0.15) is 40.1 Å². The van der Waals surface area contributed by atoms with Crippen LogP contribution in [0.25, 0.3) is 0 Å². The van der Waals surface area contributed by atoms with Gasteiger partial charge < -0.3 is 14.6 Å². The van der Waals surface area contributed by atoms with E-state index in [1.54, 1.807) is 13.8 Å². The molecule has 1 unspecified atom stereocenters. The number of anilines is 1. The number of ether oxygens (including phenoxy) is 1. The van der Waals surface area contributed by atoms with Crippen LogP contribution in [0.4, 0.5) is 5.69 Å². The molecule has 1 aromatic carbocycles. The summed E-state index contributed by atoms with van der Waals surface area (Å²) < 4.78 is 21.5. The minimum atomic E-state index is -2.67. The van der Waals surface area contributed by atoms with Crippen molar-refractivity contribution in [2.75, 3.05) is 17.6 Å². The van der Waals surface area contributed by atoms with Crippen LogP contribution in [0.5, 0.6) is 0 Å². The molecule has 2 aromatic rings. The van der Waals surface area contributed by atoms with Gasteiger partial charge in [-0.05, 0) is 24.4 Å². The fourth-order valence-electron chi connectivity index (χ4n) is 2.37. The summed E-state index contributed by atoms with van der Waals surface area (Å²) in [5.74, 6) is -1.08. The SMILES string of the molecule is CC=S(=O)(CC)Nc1c(C(=O)OC)ccc(C(=O)c2c[nH]n(C)c2=O)c1Cl. The second kappa shape index (κ2) is 8.01. The summed E-state index contributed by atoms with van der Waals surface area (Å²) in [6.07, 6.45) is 1.28. The van der Waals surface area contributed by atoms with E-state index in [1.165, 1.54) is 37.9 Å². The number of nitrogens with zero attached hydrogens (tertiary/aromatic N) is 1. The number of benzene rings is 1. The third-order valence-electron chi connectivity index (χ3n) is 4.06. The molecule has 2 N–H and O–H groups in total. The summed E-state index contributed by atoms with van der Waals surface area (Å²) in [6, 6.07) is 2.67. The van der Waals surface area contributed by atoms with E-state index in [4.69, 9.17) is 16.3 Å². The van der Waals surface area contributed by atoms with Crippen LogP contribution in [-0.2, 0) is 21.5 Å². The first-order chi connectivity index (χ1) is 12.7. The summed E-state index contributed by atoms with van der Waals surface area (Å²) in [5.41, 5.74) is -0.565. The summed E-state index contributed by atoms with van der Waals surface area (Å²) in [6.45, 7) is 3.32. The Kier molecular flexibility index (Phi) is 6.17. The Balaban J connectivity index is 2.69. The Morgan fingerprint density at radius 3 is 2.44 bits per heavy atom. The molecule has 1 aromatic heterocycles. The van der Waals surface area contributed by atoms with E-state index < -0.39 is 27.0 Å². The Hall–Kier alpha value is -2.52. The second-order valence-corrected chi connectivity index (χ2v) is 8.66. The lowest BCUT2D eigenvalue weighted by molar-refractivity contribution is 0.0601. The van der Waals surface area contributed by atoms with Crippen LogP contribution >= 0.6 is 11.6 Å². The van der Waals surface area contributed by atoms with E-state index in [2.05, 4.69) is 9.82 Å². The van der Waals surface area contributed by atoms with Crippen LogP contribution in [0, 0.1) is 0 Å². The average molecular weight is 414 g/mol. The van der Waals surface area contributed by atoms with Gasteiger partial charge in [0.1, 0.15) is 5.56 Å². The number of hydrogen-bond donors (Lipinski definition) is 2. The van der Waals surface area contributed by atoms with Crippen LogP contribution in [0.15, 0.2) is 23.1 Å². The van der Waals surface area contributed by atoms with Crippen molar-refractivity contribution in [3.05, 3.63) is 50.4 Å². The maximum atomic E-state index is 12.8. The molecule has 0 aliphatic rings. The maximum Gasteiger partial charge on any atom is 0.340 e. The molecule has 0 saturated heterocycles. The topological polar surface area (TPSA) is 110 Å². The van der Waals surface area contributed by atoms with Gasteiger partial charge in [-0.1, -0.05) is 18.5 Å². The predicted octanol–water partition coefficient (Wildman–Crippen LogP) is 1.84. The highest BCUT2D eigenvalue weighted by molar-refractivity contribution is 8.02. The van der Waals surface area contributed by atoms with E-state index >= 15 is 0 Å². The number of aryl methyl sites for hydroxylation is 1. The zero-order chi connectivity index (χ0) is 20.4. The molecule has 8 nitrogen and oxygen atoms in total. The minimum Gasteiger partial charge on any atom is -0.465 e. The smallest absolute Gasteiger partial charge is 0.340 e. The standard InChI is InChI=1S/C17H20ClN3O5S/c1-5-27(25,6-2)20-14-11(17(24)26-4)8-7-10(13(14)18)15(22)12-9-19-21(3)16(12)23/h5,7-9,19H,6H2,1-4H3,(H,20,25). The second-order valence-electron chi connectivity index (χ2n) is 5.57. The molecule has 0 amide bonds. The Morgan fingerprint density at radius 1 is 1.33 bits per heavy atom. The normalized spacial score (nSPS) is 12.9. The van der Waals surface area contributed by atoms with Crippen molar-refractivity contribution in [2.45, 2.75) is 13.8 Å². The zero-order valence-electron chi connectivity index (χ0n) is 15.3. The van der Waals surface area contributed by atoms with E-state index in [1.807, 2.05) is 0 Å². The van der Waals surface area contributed by atoms with Gasteiger partial charge in [-0.3, -0.25) is 14.3 Å². The maximum absolute atomic E-state index is 12.8. The number of halogens is 1. The van der Waals surface area contributed by atoms with Gasteiger partial charge in [0.2, 0.25) is 5.78 Å². The lowest BCUT2D eigenvalue weighted by Crippen LogP contribution is -2.22. The van der Waals surface area contributed by atoms with Crippen molar-refractivity contribution in [3.63, 3.8) is 0 Å². The zero-order valence-corrected chi connectivity index (χ0v) is 16.9. The van der Waals surface area contributed by atoms with Gasteiger partial charge in [-0.15, -0.1) is 0 Å². The number of esters is 1. The molecule has 146 valence electrons. The van der Waals surface area contributed by atoms with Gasteiger partial charge in [-0.2, -0.15) is 0 Å². The number of carbonyl (C=O) groups is 2. The number of hydrogen-bond acceptors (Lipinski definition) is 5. The van der Waals surface area contributed by atoms with Crippen molar-refractivity contribution in [1.82, 2.24) is 9.78 Å². The van der Waals surface area contributed by atoms with E-state index in [0.29, 0.717) is 0 Å². The minimum absolute atomic E-state index is 0.00234. The number of nitrogens with one attached hydrogen (secondary N) is 2. The summed E-state index contributed by atoms with van der Waals surface area (Å²) in [7, 11) is 0.00747. The van der Waals surface area contributed by atoms with Crippen LogP contribution in [0.2, 0.25) is 5.02 Å². The van der Waals surface area contributed by atoms with Crippen LogP contribution in [0.3, 0.4) is 0 Å². The van der Waals surface area contributed by atoms with Gasteiger partial charge >= 0.3 is 5.97 Å². The van der Waals surface area contributed by atoms with Crippen molar-refractivity contribution in [2.24, 2.45) is 7.05 Å². The Labute approximate surface area is 161 Å². The fourth-order valence-corrected chi connectivity index (χ4v) is 3.88.